The normalized spacial score (nSPS) is 14.4. The lowest BCUT2D eigenvalue weighted by Crippen LogP contribution is -2.09. The van der Waals surface area contributed by atoms with Crippen LogP contribution in [0.1, 0.15) is 52.4 Å². The molecule has 0 heterocycles. The zero-order chi connectivity index (χ0) is 12.6. The molecule has 0 aromatic carbocycles. The molecule has 0 fully saturated rings. The summed E-state index contributed by atoms with van der Waals surface area (Å²) in [4.78, 5) is 20.8. The Morgan fingerprint density at radius 3 is 2.00 bits per heavy atom. The summed E-state index contributed by atoms with van der Waals surface area (Å²) in [5.74, 6) is -0.753. The molecule has 4 nitrogen and oxygen atoms in total. The van der Waals surface area contributed by atoms with E-state index in [0.717, 1.165) is 12.8 Å². The Hall–Kier alpha value is -1.06. The van der Waals surface area contributed by atoms with E-state index >= 15 is 0 Å². The van der Waals surface area contributed by atoms with Crippen molar-refractivity contribution in [1.82, 2.24) is 0 Å². The lowest BCUT2D eigenvalue weighted by atomic mass is 9.88. The lowest BCUT2D eigenvalue weighted by molar-refractivity contribution is -0.138. The van der Waals surface area contributed by atoms with E-state index < -0.39 is 11.9 Å². The highest BCUT2D eigenvalue weighted by atomic mass is 16.4. The van der Waals surface area contributed by atoms with Gasteiger partial charge in [-0.1, -0.05) is 20.3 Å². The van der Waals surface area contributed by atoms with Gasteiger partial charge in [-0.15, -0.1) is 0 Å². The van der Waals surface area contributed by atoms with Gasteiger partial charge < -0.3 is 10.2 Å². The van der Waals surface area contributed by atoms with E-state index in [1.807, 2.05) is 6.92 Å². The van der Waals surface area contributed by atoms with Gasteiger partial charge in [0.2, 0.25) is 0 Å². The maximum Gasteiger partial charge on any atom is 0.303 e. The van der Waals surface area contributed by atoms with Crippen LogP contribution >= 0.6 is 0 Å². The third-order valence-electron chi connectivity index (χ3n) is 2.93. The molecule has 0 saturated heterocycles. The summed E-state index contributed by atoms with van der Waals surface area (Å²) in [6, 6.07) is 0. The quantitative estimate of drug-likeness (QED) is 0.638. The molecule has 94 valence electrons. The molecule has 0 amide bonds. The van der Waals surface area contributed by atoms with Gasteiger partial charge in [0.15, 0.2) is 0 Å². The summed E-state index contributed by atoms with van der Waals surface area (Å²) < 4.78 is 0. The van der Waals surface area contributed by atoms with Crippen molar-refractivity contribution in [2.75, 3.05) is 0 Å². The third-order valence-corrected chi connectivity index (χ3v) is 2.93. The average molecular weight is 230 g/mol. The number of aliphatic carboxylic acids is 2. The molecule has 2 N–H and O–H groups in total. The van der Waals surface area contributed by atoms with E-state index in [1.165, 1.54) is 0 Å². The van der Waals surface area contributed by atoms with Gasteiger partial charge in [0.05, 0.1) is 0 Å². The van der Waals surface area contributed by atoms with E-state index in [4.69, 9.17) is 10.2 Å². The Labute approximate surface area is 96.7 Å². The Kier molecular flexibility index (Phi) is 7.60. The molecule has 0 radical (unpaired) electrons. The van der Waals surface area contributed by atoms with Crippen LogP contribution in [0.25, 0.3) is 0 Å². The van der Waals surface area contributed by atoms with Crippen molar-refractivity contribution in [3.63, 3.8) is 0 Å². The van der Waals surface area contributed by atoms with E-state index in [9.17, 15) is 9.59 Å². The van der Waals surface area contributed by atoms with Crippen molar-refractivity contribution in [2.45, 2.75) is 52.4 Å². The monoisotopic (exact) mass is 230 g/mol. The maximum absolute atomic E-state index is 10.4. The van der Waals surface area contributed by atoms with Gasteiger partial charge in [-0.3, -0.25) is 9.59 Å². The minimum atomic E-state index is -0.759. The molecule has 16 heavy (non-hydrogen) atoms. The van der Waals surface area contributed by atoms with Crippen LogP contribution in [0.3, 0.4) is 0 Å². The van der Waals surface area contributed by atoms with Crippen LogP contribution in [-0.4, -0.2) is 22.2 Å². The van der Waals surface area contributed by atoms with Gasteiger partial charge in [-0.25, -0.2) is 0 Å². The Morgan fingerprint density at radius 1 is 1.06 bits per heavy atom. The molecule has 0 saturated carbocycles. The fourth-order valence-electron chi connectivity index (χ4n) is 1.87. The number of hydrogen-bond donors (Lipinski definition) is 2. The fourth-order valence-corrected chi connectivity index (χ4v) is 1.87. The zero-order valence-corrected chi connectivity index (χ0v) is 10.1. The van der Waals surface area contributed by atoms with Gasteiger partial charge in [-0.2, -0.15) is 0 Å². The molecule has 0 aromatic rings. The Balaban J connectivity index is 3.82. The van der Waals surface area contributed by atoms with E-state index in [1.54, 1.807) is 0 Å². The number of hydrogen-bond acceptors (Lipinski definition) is 2. The SMILES string of the molecule is CCC(CCC(=O)O)CC(C)CCC(=O)O. The molecule has 0 aromatic heterocycles. The molecule has 0 aliphatic carbocycles. The first-order valence-corrected chi connectivity index (χ1v) is 5.89. The summed E-state index contributed by atoms with van der Waals surface area (Å²) in [6.45, 7) is 4.09. The topological polar surface area (TPSA) is 74.6 Å². The van der Waals surface area contributed by atoms with Gasteiger partial charge >= 0.3 is 11.9 Å². The first-order valence-electron chi connectivity index (χ1n) is 5.89. The predicted molar refractivity (Wildman–Crippen MR) is 61.3 cm³/mol. The second-order valence-electron chi connectivity index (χ2n) is 4.48. The average Bonchev–Trinajstić information content (AvgIpc) is 2.20. The number of carboxylic acids is 2. The predicted octanol–water partition coefficient (Wildman–Crippen LogP) is 2.77. The van der Waals surface area contributed by atoms with Crippen LogP contribution in [-0.2, 0) is 9.59 Å². The minimum Gasteiger partial charge on any atom is -0.481 e. The molecular formula is C12H22O4. The van der Waals surface area contributed by atoms with E-state index in [2.05, 4.69) is 6.92 Å². The summed E-state index contributed by atoms with van der Waals surface area (Å²) in [5.41, 5.74) is 0. The van der Waals surface area contributed by atoms with Crippen molar-refractivity contribution >= 4 is 11.9 Å². The van der Waals surface area contributed by atoms with Crippen molar-refractivity contribution in [3.8, 4) is 0 Å². The highest BCUT2D eigenvalue weighted by Gasteiger charge is 2.14. The number of carboxylic acid groups (broad SMARTS) is 2. The van der Waals surface area contributed by atoms with Crippen LogP contribution in [0.15, 0.2) is 0 Å². The molecule has 0 rings (SSSR count). The van der Waals surface area contributed by atoms with Crippen molar-refractivity contribution in [3.05, 3.63) is 0 Å². The second-order valence-corrected chi connectivity index (χ2v) is 4.48. The molecule has 0 spiro atoms. The standard InChI is InChI=1S/C12H22O4/c1-3-10(5-7-12(15)16)8-9(2)4-6-11(13)14/h9-10H,3-8H2,1-2H3,(H,13,14)(H,15,16). The lowest BCUT2D eigenvalue weighted by Gasteiger charge is -2.18. The van der Waals surface area contributed by atoms with Gasteiger partial charge in [0.1, 0.15) is 0 Å². The minimum absolute atomic E-state index is 0.205. The summed E-state index contributed by atoms with van der Waals surface area (Å²) in [7, 11) is 0. The second kappa shape index (κ2) is 8.13. The zero-order valence-electron chi connectivity index (χ0n) is 10.1. The van der Waals surface area contributed by atoms with E-state index in [-0.39, 0.29) is 12.8 Å². The smallest absolute Gasteiger partial charge is 0.303 e. The molecule has 2 atom stereocenters. The Bertz CT molecular complexity index is 225. The highest BCUT2D eigenvalue weighted by Crippen LogP contribution is 2.23. The molecule has 4 heteroatoms. The molecule has 0 bridgehead atoms. The highest BCUT2D eigenvalue weighted by molar-refractivity contribution is 5.66. The molecule has 0 aliphatic rings. The van der Waals surface area contributed by atoms with Crippen LogP contribution in [0.2, 0.25) is 0 Å². The first-order chi connectivity index (χ1) is 7.45. The Morgan fingerprint density at radius 2 is 1.56 bits per heavy atom. The van der Waals surface area contributed by atoms with Crippen molar-refractivity contribution in [2.24, 2.45) is 11.8 Å². The first kappa shape index (κ1) is 14.9. The van der Waals surface area contributed by atoms with Crippen LogP contribution in [0.5, 0.6) is 0 Å². The molecular weight excluding hydrogens is 208 g/mol. The third kappa shape index (κ3) is 8.26. The van der Waals surface area contributed by atoms with Crippen LogP contribution in [0.4, 0.5) is 0 Å². The summed E-state index contributed by atoms with van der Waals surface area (Å²) in [6.07, 6.45) is 3.69. The van der Waals surface area contributed by atoms with E-state index in [0.29, 0.717) is 24.7 Å². The van der Waals surface area contributed by atoms with Crippen molar-refractivity contribution < 1.29 is 19.8 Å². The van der Waals surface area contributed by atoms with Gasteiger partial charge in [-0.05, 0) is 31.1 Å². The number of carbonyl (C=O) groups is 2. The number of rotatable bonds is 9. The molecule has 0 aliphatic heterocycles. The van der Waals surface area contributed by atoms with Gasteiger partial charge in [0.25, 0.3) is 0 Å². The summed E-state index contributed by atoms with van der Waals surface area (Å²) >= 11 is 0. The largest absolute Gasteiger partial charge is 0.481 e. The molecule has 2 unspecified atom stereocenters. The van der Waals surface area contributed by atoms with Crippen molar-refractivity contribution in [1.29, 1.82) is 0 Å². The fraction of sp³-hybridized carbons (Fsp3) is 0.833. The summed E-state index contributed by atoms with van der Waals surface area (Å²) in [5, 5.41) is 17.1. The maximum atomic E-state index is 10.4. The van der Waals surface area contributed by atoms with Crippen LogP contribution in [0, 0.1) is 11.8 Å². The van der Waals surface area contributed by atoms with Gasteiger partial charge in [0, 0.05) is 12.8 Å². The van der Waals surface area contributed by atoms with Crippen LogP contribution < -0.4 is 0 Å².